The van der Waals surface area contributed by atoms with Crippen LogP contribution in [-0.2, 0) is 7.05 Å². The first kappa shape index (κ1) is 18.2. The fraction of sp³-hybridized carbons (Fsp3) is 0.125. The van der Waals surface area contributed by atoms with Gasteiger partial charge >= 0.3 is 6.36 Å². The fourth-order valence-corrected chi connectivity index (χ4v) is 2.35. The van der Waals surface area contributed by atoms with E-state index in [0.717, 1.165) is 0 Å². The Bertz CT molecular complexity index is 986. The highest BCUT2D eigenvalue weighted by Crippen LogP contribution is 2.36. The SMILES string of the molecule is Cn1nncc1C(=O)Nc1ccc(-c2ccccc2OC(F)(F)F)c(N)n1. The number of carbonyl (C=O) groups excluding carboxylic acids is 1. The molecule has 2 aromatic heterocycles. The van der Waals surface area contributed by atoms with Crippen molar-refractivity contribution in [2.45, 2.75) is 6.36 Å². The predicted molar refractivity (Wildman–Crippen MR) is 89.7 cm³/mol. The lowest BCUT2D eigenvalue weighted by Gasteiger charge is -2.14. The van der Waals surface area contributed by atoms with Crippen LogP contribution in [0, 0.1) is 0 Å². The second-order valence-electron chi connectivity index (χ2n) is 5.37. The van der Waals surface area contributed by atoms with Gasteiger partial charge < -0.3 is 15.8 Å². The number of halogens is 3. The second kappa shape index (κ2) is 6.94. The fourth-order valence-electron chi connectivity index (χ4n) is 2.35. The normalized spacial score (nSPS) is 11.3. The van der Waals surface area contributed by atoms with Crippen LogP contribution in [-0.4, -0.2) is 32.2 Å². The van der Waals surface area contributed by atoms with Gasteiger partial charge in [-0.2, -0.15) is 0 Å². The summed E-state index contributed by atoms with van der Waals surface area (Å²) in [6.45, 7) is 0. The lowest BCUT2D eigenvalue weighted by Crippen LogP contribution is -2.18. The van der Waals surface area contributed by atoms with E-state index < -0.39 is 18.0 Å². The quantitative estimate of drug-likeness (QED) is 0.723. The van der Waals surface area contributed by atoms with Gasteiger partial charge in [0.15, 0.2) is 0 Å². The van der Waals surface area contributed by atoms with E-state index in [0.29, 0.717) is 0 Å². The average molecular weight is 378 g/mol. The van der Waals surface area contributed by atoms with Crippen LogP contribution in [0.3, 0.4) is 0 Å². The van der Waals surface area contributed by atoms with Gasteiger partial charge in [-0.05, 0) is 18.2 Å². The zero-order valence-electron chi connectivity index (χ0n) is 13.9. The largest absolute Gasteiger partial charge is 0.573 e. The third-order valence-electron chi connectivity index (χ3n) is 3.52. The van der Waals surface area contributed by atoms with Crippen molar-refractivity contribution in [3.63, 3.8) is 0 Å². The van der Waals surface area contributed by atoms with E-state index in [-0.39, 0.29) is 28.5 Å². The molecule has 0 spiro atoms. The highest BCUT2D eigenvalue weighted by Gasteiger charge is 2.32. The molecule has 0 unspecified atom stereocenters. The molecule has 140 valence electrons. The molecule has 2 heterocycles. The Morgan fingerprint density at radius 3 is 2.56 bits per heavy atom. The van der Waals surface area contributed by atoms with Crippen LogP contribution in [0.4, 0.5) is 24.8 Å². The van der Waals surface area contributed by atoms with Crippen LogP contribution in [0.25, 0.3) is 11.1 Å². The Morgan fingerprint density at radius 2 is 1.93 bits per heavy atom. The minimum Gasteiger partial charge on any atom is -0.405 e. The zero-order chi connectivity index (χ0) is 19.6. The number of para-hydroxylation sites is 1. The molecule has 0 bridgehead atoms. The molecule has 3 N–H and O–H groups in total. The van der Waals surface area contributed by atoms with Crippen molar-refractivity contribution in [2.24, 2.45) is 7.05 Å². The number of alkyl halides is 3. The Morgan fingerprint density at radius 1 is 1.19 bits per heavy atom. The number of aryl methyl sites for hydroxylation is 1. The Hall–Kier alpha value is -3.63. The first-order valence-corrected chi connectivity index (χ1v) is 7.52. The molecule has 0 atom stereocenters. The standard InChI is InChI=1S/C16H13F3N6O2/c1-25-11(8-21-24-25)15(26)23-13-7-6-10(14(20)22-13)9-4-2-3-5-12(9)27-16(17,18)19/h2-8H,1H3,(H3,20,22,23,26). The van der Waals surface area contributed by atoms with E-state index in [1.165, 1.54) is 41.2 Å². The number of nitrogens with two attached hydrogens (primary N) is 1. The third kappa shape index (κ3) is 4.14. The molecule has 0 radical (unpaired) electrons. The maximum absolute atomic E-state index is 12.6. The number of rotatable bonds is 4. The van der Waals surface area contributed by atoms with E-state index in [9.17, 15) is 18.0 Å². The highest BCUT2D eigenvalue weighted by molar-refractivity contribution is 6.02. The summed E-state index contributed by atoms with van der Waals surface area (Å²) in [7, 11) is 1.55. The predicted octanol–water partition coefficient (Wildman–Crippen LogP) is 2.61. The van der Waals surface area contributed by atoms with Crippen LogP contribution in [0.1, 0.15) is 10.5 Å². The Balaban J connectivity index is 1.88. The summed E-state index contributed by atoms with van der Waals surface area (Å²) in [4.78, 5) is 16.2. The molecule has 0 aliphatic carbocycles. The smallest absolute Gasteiger partial charge is 0.405 e. The number of hydrogen-bond acceptors (Lipinski definition) is 6. The summed E-state index contributed by atoms with van der Waals surface area (Å²) >= 11 is 0. The highest BCUT2D eigenvalue weighted by atomic mass is 19.4. The van der Waals surface area contributed by atoms with Crippen molar-refractivity contribution in [1.29, 1.82) is 0 Å². The lowest BCUT2D eigenvalue weighted by atomic mass is 10.1. The molecule has 0 saturated heterocycles. The average Bonchev–Trinajstić information content (AvgIpc) is 3.01. The van der Waals surface area contributed by atoms with E-state index in [1.807, 2.05) is 0 Å². The number of benzene rings is 1. The number of carbonyl (C=O) groups is 1. The van der Waals surface area contributed by atoms with E-state index in [1.54, 1.807) is 13.1 Å². The first-order chi connectivity index (χ1) is 12.7. The number of pyridine rings is 1. The van der Waals surface area contributed by atoms with E-state index in [2.05, 4.69) is 25.3 Å². The monoisotopic (exact) mass is 378 g/mol. The third-order valence-corrected chi connectivity index (χ3v) is 3.52. The molecule has 3 rings (SSSR count). The van der Waals surface area contributed by atoms with Gasteiger partial charge in [0.1, 0.15) is 23.1 Å². The van der Waals surface area contributed by atoms with E-state index in [4.69, 9.17) is 5.73 Å². The number of hydrogen-bond donors (Lipinski definition) is 2. The topological polar surface area (TPSA) is 108 Å². The van der Waals surface area contributed by atoms with Gasteiger partial charge in [-0.15, -0.1) is 18.3 Å². The number of nitrogens with zero attached hydrogens (tertiary/aromatic N) is 4. The molecule has 1 aromatic carbocycles. The molecule has 3 aromatic rings. The molecule has 0 saturated carbocycles. The summed E-state index contributed by atoms with van der Waals surface area (Å²) in [5.41, 5.74) is 6.43. The van der Waals surface area contributed by atoms with Crippen LogP contribution >= 0.6 is 0 Å². The Kier molecular flexibility index (Phi) is 4.67. The van der Waals surface area contributed by atoms with Crippen LogP contribution < -0.4 is 15.8 Å². The van der Waals surface area contributed by atoms with Crippen LogP contribution in [0.5, 0.6) is 5.75 Å². The molecule has 27 heavy (non-hydrogen) atoms. The maximum Gasteiger partial charge on any atom is 0.573 e. The molecule has 0 aliphatic heterocycles. The second-order valence-corrected chi connectivity index (χ2v) is 5.37. The van der Waals surface area contributed by atoms with Gasteiger partial charge in [-0.25, -0.2) is 9.67 Å². The van der Waals surface area contributed by atoms with Crippen molar-refractivity contribution in [3.8, 4) is 16.9 Å². The van der Waals surface area contributed by atoms with Gasteiger partial charge in [-0.1, -0.05) is 23.4 Å². The number of amides is 1. The molecule has 8 nitrogen and oxygen atoms in total. The summed E-state index contributed by atoms with van der Waals surface area (Å²) in [6, 6.07) is 8.41. The minimum atomic E-state index is -4.84. The van der Waals surface area contributed by atoms with Crippen molar-refractivity contribution in [1.82, 2.24) is 20.0 Å². The number of nitrogen functional groups attached to an aromatic ring is 1. The zero-order valence-corrected chi connectivity index (χ0v) is 13.9. The van der Waals surface area contributed by atoms with Crippen molar-refractivity contribution < 1.29 is 22.7 Å². The van der Waals surface area contributed by atoms with Gasteiger partial charge in [0.05, 0.1) is 6.20 Å². The van der Waals surface area contributed by atoms with Gasteiger partial charge in [0.25, 0.3) is 5.91 Å². The molecule has 11 heteroatoms. The molecule has 1 amide bonds. The summed E-state index contributed by atoms with van der Waals surface area (Å²) < 4.78 is 43.1. The molecule has 0 fully saturated rings. The van der Waals surface area contributed by atoms with Crippen LogP contribution in [0.2, 0.25) is 0 Å². The van der Waals surface area contributed by atoms with Gasteiger partial charge in [0, 0.05) is 18.2 Å². The summed E-state index contributed by atoms with van der Waals surface area (Å²) in [5, 5.41) is 9.76. The molecular weight excluding hydrogens is 365 g/mol. The van der Waals surface area contributed by atoms with Gasteiger partial charge in [0.2, 0.25) is 0 Å². The summed E-state index contributed by atoms with van der Waals surface area (Å²) in [6.07, 6.45) is -3.57. The van der Waals surface area contributed by atoms with Gasteiger partial charge in [-0.3, -0.25) is 4.79 Å². The minimum absolute atomic E-state index is 0.0749. The number of anilines is 2. The number of nitrogens with one attached hydrogen (secondary N) is 1. The lowest BCUT2D eigenvalue weighted by molar-refractivity contribution is -0.274. The van der Waals surface area contributed by atoms with Crippen molar-refractivity contribution in [2.75, 3.05) is 11.1 Å². The Labute approximate surface area is 150 Å². The van der Waals surface area contributed by atoms with Crippen molar-refractivity contribution >= 4 is 17.5 Å². The first-order valence-electron chi connectivity index (χ1n) is 7.52. The molecule has 0 aliphatic rings. The number of aromatic nitrogens is 4. The number of ether oxygens (including phenoxy) is 1. The van der Waals surface area contributed by atoms with E-state index >= 15 is 0 Å². The molecular formula is C16H13F3N6O2. The van der Waals surface area contributed by atoms with Crippen LogP contribution in [0.15, 0.2) is 42.6 Å². The summed E-state index contributed by atoms with van der Waals surface area (Å²) in [5.74, 6) is -0.870. The maximum atomic E-state index is 12.6. The van der Waals surface area contributed by atoms with Crippen molar-refractivity contribution in [3.05, 3.63) is 48.3 Å².